The van der Waals surface area contributed by atoms with Gasteiger partial charge in [0.1, 0.15) is 0 Å². The number of alkyl halides is 1. The molecule has 1 nitrogen and oxygen atoms in total. The van der Waals surface area contributed by atoms with E-state index in [4.69, 9.17) is 11.6 Å². The second-order valence-corrected chi connectivity index (χ2v) is 3.04. The molecule has 1 aliphatic carbocycles. The third-order valence-electron chi connectivity index (χ3n) is 1.89. The lowest BCUT2D eigenvalue weighted by Gasteiger charge is -2.13. The molecule has 0 spiro atoms. The highest BCUT2D eigenvalue weighted by atomic mass is 35.5. The van der Waals surface area contributed by atoms with Crippen LogP contribution in [0.2, 0.25) is 0 Å². The summed E-state index contributed by atoms with van der Waals surface area (Å²) in [5, 5.41) is 2.39. The first-order valence-electron chi connectivity index (χ1n) is 3.73. The van der Waals surface area contributed by atoms with Gasteiger partial charge in [0.05, 0.1) is 10.9 Å². The number of halogens is 1. The molecule has 0 radical (unpaired) electrons. The largest absolute Gasteiger partial charge is 0.199 e. The Bertz CT molecular complexity index is 216. The lowest BCUT2D eigenvalue weighted by Crippen LogP contribution is -1.98. The van der Waals surface area contributed by atoms with Gasteiger partial charge in [-0.2, -0.15) is 4.99 Å². The molecule has 0 aromatic heterocycles. The van der Waals surface area contributed by atoms with Crippen LogP contribution in [-0.4, -0.2) is 11.0 Å². The summed E-state index contributed by atoms with van der Waals surface area (Å²) in [6, 6.07) is 0. The average molecular weight is 188 g/mol. The second-order valence-electron chi connectivity index (χ2n) is 2.59. The van der Waals surface area contributed by atoms with Crippen LogP contribution in [0.5, 0.6) is 0 Å². The highest BCUT2D eigenvalue weighted by molar-refractivity contribution is 7.78. The minimum atomic E-state index is 0.593. The zero-order chi connectivity index (χ0) is 8.10. The predicted molar refractivity (Wildman–Crippen MR) is 51.2 cm³/mol. The molecule has 1 aliphatic rings. The number of isothiocyanates is 1. The number of rotatable bonds is 2. The van der Waals surface area contributed by atoms with Gasteiger partial charge in [-0.25, -0.2) is 0 Å². The molecule has 0 aromatic rings. The molecule has 11 heavy (non-hydrogen) atoms. The van der Waals surface area contributed by atoms with Crippen molar-refractivity contribution in [2.24, 2.45) is 4.99 Å². The van der Waals surface area contributed by atoms with E-state index in [0.717, 1.165) is 18.5 Å². The van der Waals surface area contributed by atoms with Crippen molar-refractivity contribution >= 4 is 29.0 Å². The smallest absolute Gasteiger partial charge is 0.0637 e. The van der Waals surface area contributed by atoms with E-state index in [-0.39, 0.29) is 0 Å². The fourth-order valence-corrected chi connectivity index (χ4v) is 1.68. The number of hydrogen-bond acceptors (Lipinski definition) is 2. The van der Waals surface area contributed by atoms with Crippen molar-refractivity contribution in [2.45, 2.75) is 25.7 Å². The number of thiocarbonyl (C=S) groups is 1. The van der Waals surface area contributed by atoms with Gasteiger partial charge in [0.15, 0.2) is 0 Å². The zero-order valence-electron chi connectivity index (χ0n) is 6.27. The van der Waals surface area contributed by atoms with Crippen LogP contribution in [0.1, 0.15) is 25.7 Å². The summed E-state index contributed by atoms with van der Waals surface area (Å²) in [6.45, 7) is 0. The van der Waals surface area contributed by atoms with Gasteiger partial charge in [-0.1, -0.05) is 0 Å². The van der Waals surface area contributed by atoms with E-state index in [1.165, 1.54) is 18.4 Å². The van der Waals surface area contributed by atoms with Crippen LogP contribution in [0, 0.1) is 0 Å². The Labute approximate surface area is 77.2 Å². The van der Waals surface area contributed by atoms with Crippen molar-refractivity contribution in [1.29, 1.82) is 0 Å². The molecule has 0 aromatic carbocycles. The SMILES string of the molecule is S=C=NC1=C(CCl)CCCC1. The van der Waals surface area contributed by atoms with E-state index in [0.29, 0.717) is 5.88 Å². The highest BCUT2D eigenvalue weighted by Gasteiger charge is 2.10. The Hall–Kier alpha value is -0.170. The Morgan fingerprint density at radius 1 is 1.45 bits per heavy atom. The molecule has 0 saturated carbocycles. The second kappa shape index (κ2) is 4.66. The molecule has 0 N–H and O–H groups in total. The monoisotopic (exact) mass is 187 g/mol. The minimum Gasteiger partial charge on any atom is -0.199 e. The van der Waals surface area contributed by atoms with Gasteiger partial charge in [0, 0.05) is 5.88 Å². The molecule has 0 fully saturated rings. The van der Waals surface area contributed by atoms with E-state index in [9.17, 15) is 0 Å². The Balaban J connectivity index is 2.80. The van der Waals surface area contributed by atoms with Crippen LogP contribution in [-0.2, 0) is 0 Å². The normalized spacial score (nSPS) is 17.9. The molecule has 0 unspecified atom stereocenters. The first kappa shape index (κ1) is 8.92. The molecular weight excluding hydrogens is 178 g/mol. The average Bonchev–Trinajstić information content (AvgIpc) is 2.06. The van der Waals surface area contributed by atoms with Crippen molar-refractivity contribution in [1.82, 2.24) is 0 Å². The van der Waals surface area contributed by atoms with Crippen LogP contribution in [0.25, 0.3) is 0 Å². The summed E-state index contributed by atoms with van der Waals surface area (Å²) >= 11 is 10.3. The third-order valence-corrected chi connectivity index (χ3v) is 2.31. The van der Waals surface area contributed by atoms with Gasteiger partial charge in [-0.15, -0.1) is 11.6 Å². The standard InChI is InChI=1S/C8H10ClNS/c9-5-7-3-1-2-4-8(7)10-6-11/h1-5H2. The molecular formula is C8H10ClNS. The Morgan fingerprint density at radius 3 is 2.82 bits per heavy atom. The predicted octanol–water partition coefficient (Wildman–Crippen LogP) is 3.16. The van der Waals surface area contributed by atoms with E-state index >= 15 is 0 Å². The summed E-state index contributed by atoms with van der Waals surface area (Å²) in [6.07, 6.45) is 4.54. The van der Waals surface area contributed by atoms with E-state index < -0.39 is 0 Å². The molecule has 0 bridgehead atoms. The summed E-state index contributed by atoms with van der Waals surface area (Å²) in [7, 11) is 0. The summed E-state index contributed by atoms with van der Waals surface area (Å²) in [5.41, 5.74) is 2.32. The molecule has 0 aliphatic heterocycles. The van der Waals surface area contributed by atoms with Crippen LogP contribution in [0.15, 0.2) is 16.3 Å². The van der Waals surface area contributed by atoms with Gasteiger partial charge >= 0.3 is 0 Å². The van der Waals surface area contributed by atoms with E-state index in [2.05, 4.69) is 22.4 Å². The van der Waals surface area contributed by atoms with Crippen molar-refractivity contribution in [3.8, 4) is 0 Å². The Kier molecular flexibility index (Phi) is 3.78. The maximum atomic E-state index is 5.73. The molecule has 0 atom stereocenters. The maximum Gasteiger partial charge on any atom is 0.0637 e. The van der Waals surface area contributed by atoms with E-state index in [1.807, 2.05) is 0 Å². The number of aliphatic imine (C=N–C) groups is 1. The van der Waals surface area contributed by atoms with Gasteiger partial charge in [-0.3, -0.25) is 0 Å². The number of nitrogens with zero attached hydrogens (tertiary/aromatic N) is 1. The third kappa shape index (κ3) is 2.41. The van der Waals surface area contributed by atoms with E-state index in [1.54, 1.807) is 0 Å². The van der Waals surface area contributed by atoms with Gasteiger partial charge < -0.3 is 0 Å². The van der Waals surface area contributed by atoms with Crippen molar-refractivity contribution < 1.29 is 0 Å². The summed E-state index contributed by atoms with van der Waals surface area (Å²) in [4.78, 5) is 4.00. The number of hydrogen-bond donors (Lipinski definition) is 0. The zero-order valence-corrected chi connectivity index (χ0v) is 7.84. The first-order valence-corrected chi connectivity index (χ1v) is 4.67. The highest BCUT2D eigenvalue weighted by Crippen LogP contribution is 2.25. The van der Waals surface area contributed by atoms with Crippen LogP contribution >= 0.6 is 23.8 Å². The van der Waals surface area contributed by atoms with Crippen LogP contribution in [0.4, 0.5) is 0 Å². The van der Waals surface area contributed by atoms with Gasteiger partial charge in [-0.05, 0) is 43.5 Å². The lowest BCUT2D eigenvalue weighted by molar-refractivity contribution is 0.669. The molecule has 0 heterocycles. The van der Waals surface area contributed by atoms with Crippen LogP contribution in [0.3, 0.4) is 0 Å². The summed E-state index contributed by atoms with van der Waals surface area (Å²) < 4.78 is 0. The van der Waals surface area contributed by atoms with Crippen molar-refractivity contribution in [3.05, 3.63) is 11.3 Å². The maximum absolute atomic E-state index is 5.73. The summed E-state index contributed by atoms with van der Waals surface area (Å²) in [5.74, 6) is 0.593. The topological polar surface area (TPSA) is 12.4 Å². The molecule has 1 rings (SSSR count). The quantitative estimate of drug-likeness (QED) is 0.368. The van der Waals surface area contributed by atoms with Crippen LogP contribution < -0.4 is 0 Å². The molecule has 60 valence electrons. The van der Waals surface area contributed by atoms with Gasteiger partial charge in [0.25, 0.3) is 0 Å². The Morgan fingerprint density at radius 2 is 2.18 bits per heavy atom. The lowest BCUT2D eigenvalue weighted by atomic mass is 9.98. The molecule has 3 heteroatoms. The first-order chi connectivity index (χ1) is 5.38. The van der Waals surface area contributed by atoms with Crippen molar-refractivity contribution in [2.75, 3.05) is 5.88 Å². The number of allylic oxidation sites excluding steroid dienone is 2. The minimum absolute atomic E-state index is 0.593. The fraction of sp³-hybridized carbons (Fsp3) is 0.625. The van der Waals surface area contributed by atoms with Crippen molar-refractivity contribution in [3.63, 3.8) is 0 Å². The fourth-order valence-electron chi connectivity index (χ4n) is 1.29. The molecule has 0 amide bonds. The molecule has 0 saturated heterocycles. The van der Waals surface area contributed by atoms with Gasteiger partial charge in [0.2, 0.25) is 0 Å².